The van der Waals surface area contributed by atoms with Crippen LogP contribution in [-0.4, -0.2) is 25.1 Å². The highest BCUT2D eigenvalue weighted by molar-refractivity contribution is 5.98. The molecular formula is C39H45NO3. The van der Waals surface area contributed by atoms with Gasteiger partial charge in [0.25, 0.3) is 0 Å². The van der Waals surface area contributed by atoms with Gasteiger partial charge in [-0.15, -0.1) is 0 Å². The lowest BCUT2D eigenvalue weighted by atomic mass is 9.92. The van der Waals surface area contributed by atoms with Gasteiger partial charge < -0.3 is 9.47 Å². The van der Waals surface area contributed by atoms with Crippen LogP contribution in [0.15, 0.2) is 76.9 Å². The summed E-state index contributed by atoms with van der Waals surface area (Å²) in [7, 11) is 0. The lowest BCUT2D eigenvalue weighted by molar-refractivity contribution is -0.115. The van der Waals surface area contributed by atoms with Crippen LogP contribution < -0.4 is 4.74 Å². The van der Waals surface area contributed by atoms with E-state index in [1.807, 2.05) is 12.1 Å². The number of nitrogens with zero attached hydrogens (tertiary/aromatic N) is 1. The van der Waals surface area contributed by atoms with E-state index in [1.165, 1.54) is 30.4 Å². The maximum Gasteiger partial charge on any atom is 0.162 e. The van der Waals surface area contributed by atoms with Crippen molar-refractivity contribution in [3.8, 4) is 22.9 Å². The molecule has 2 fully saturated rings. The summed E-state index contributed by atoms with van der Waals surface area (Å²) < 4.78 is 11.6. The van der Waals surface area contributed by atoms with Crippen molar-refractivity contribution in [1.82, 2.24) is 0 Å². The van der Waals surface area contributed by atoms with Gasteiger partial charge in [0.15, 0.2) is 5.78 Å². The van der Waals surface area contributed by atoms with Gasteiger partial charge in [-0.1, -0.05) is 62.3 Å². The molecule has 2 aliphatic carbocycles. The van der Waals surface area contributed by atoms with Crippen LogP contribution in [0.1, 0.15) is 88.8 Å². The van der Waals surface area contributed by atoms with Crippen LogP contribution in [0.5, 0.6) is 5.75 Å². The molecule has 3 aliphatic rings. The Morgan fingerprint density at radius 2 is 1.91 bits per heavy atom. The van der Waals surface area contributed by atoms with Crippen LogP contribution in [-0.2, 0) is 9.53 Å². The number of carbonyl (C=O) groups excluding carboxylic acids is 1. The topological polar surface area (TPSA) is 59.3 Å². The van der Waals surface area contributed by atoms with E-state index in [-0.39, 0.29) is 11.9 Å². The number of Topliss-reactive ketones (excluding diaryl/α,β-unsaturated/α-hetero) is 1. The highest BCUT2D eigenvalue weighted by Gasteiger charge is 2.23. The standard InChI is InChI=1S/C39H45NO3/c1-26-11-12-30(21-26)13-15-38(41)33-8-6-9-36(28(3)23-33)27(2)22-31-7-5-10-37(29(31)4)32-14-16-39(34(24-32)25-40)43-35-17-19-42-20-18-35/h5,7-10,14,16,22-24,26,30,35H,6,11-13,15,17-21H2,1-4H3/b27-22+. The molecule has 1 aliphatic heterocycles. The molecule has 1 heterocycles. The fraction of sp³-hybridized carbons (Fsp3) is 0.436. The Balaban J connectivity index is 1.30. The van der Waals surface area contributed by atoms with Crippen molar-refractivity contribution in [1.29, 1.82) is 5.26 Å². The van der Waals surface area contributed by atoms with Crippen molar-refractivity contribution in [2.45, 2.75) is 85.2 Å². The summed E-state index contributed by atoms with van der Waals surface area (Å²) in [5.74, 6) is 2.44. The Kier molecular flexibility index (Phi) is 10.2. The largest absolute Gasteiger partial charge is 0.489 e. The van der Waals surface area contributed by atoms with Crippen molar-refractivity contribution in [3.05, 3.63) is 93.6 Å². The predicted octanol–water partition coefficient (Wildman–Crippen LogP) is 9.48. The van der Waals surface area contributed by atoms with E-state index in [9.17, 15) is 10.1 Å². The molecule has 1 saturated carbocycles. The molecule has 2 aromatic rings. The number of nitriles is 1. The number of allylic oxidation sites excluding steroid dienone is 7. The number of ketones is 1. The second kappa shape index (κ2) is 14.2. The summed E-state index contributed by atoms with van der Waals surface area (Å²) in [4.78, 5) is 13.1. The molecule has 224 valence electrons. The molecule has 5 rings (SSSR count). The molecule has 1 saturated heterocycles. The summed E-state index contributed by atoms with van der Waals surface area (Å²) in [5, 5.41) is 9.89. The van der Waals surface area contributed by atoms with Crippen LogP contribution in [0.3, 0.4) is 0 Å². The van der Waals surface area contributed by atoms with Gasteiger partial charge in [-0.25, -0.2) is 0 Å². The van der Waals surface area contributed by atoms with Crippen molar-refractivity contribution in [2.75, 3.05) is 13.2 Å². The van der Waals surface area contributed by atoms with Gasteiger partial charge in [-0.05, 0) is 109 Å². The van der Waals surface area contributed by atoms with Gasteiger partial charge in [0.05, 0.1) is 18.8 Å². The molecule has 0 spiro atoms. The average Bonchev–Trinajstić information content (AvgIpc) is 3.33. The highest BCUT2D eigenvalue weighted by atomic mass is 16.5. The quantitative estimate of drug-likeness (QED) is 0.299. The average molecular weight is 576 g/mol. The summed E-state index contributed by atoms with van der Waals surface area (Å²) in [6, 6.07) is 14.6. The molecule has 4 nitrogen and oxygen atoms in total. The molecule has 0 N–H and O–H groups in total. The molecule has 0 aromatic heterocycles. The normalized spacial score (nSPS) is 21.4. The van der Waals surface area contributed by atoms with Gasteiger partial charge in [-0.3, -0.25) is 4.79 Å². The second-order valence-electron chi connectivity index (χ2n) is 12.7. The molecule has 0 radical (unpaired) electrons. The molecule has 4 heteroatoms. The monoisotopic (exact) mass is 575 g/mol. The molecule has 2 unspecified atom stereocenters. The zero-order valence-corrected chi connectivity index (χ0v) is 26.2. The third kappa shape index (κ3) is 7.64. The zero-order valence-electron chi connectivity index (χ0n) is 26.2. The van der Waals surface area contributed by atoms with Crippen LogP contribution >= 0.6 is 0 Å². The van der Waals surface area contributed by atoms with Crippen molar-refractivity contribution >= 4 is 11.9 Å². The Labute approximate surface area is 257 Å². The van der Waals surface area contributed by atoms with E-state index in [0.717, 1.165) is 65.0 Å². The fourth-order valence-corrected chi connectivity index (χ4v) is 6.86. The van der Waals surface area contributed by atoms with E-state index in [4.69, 9.17) is 9.47 Å². The second-order valence-corrected chi connectivity index (χ2v) is 12.7. The van der Waals surface area contributed by atoms with E-state index < -0.39 is 0 Å². The Morgan fingerprint density at radius 3 is 2.65 bits per heavy atom. The molecule has 0 amide bonds. The summed E-state index contributed by atoms with van der Waals surface area (Å²) >= 11 is 0. The van der Waals surface area contributed by atoms with Gasteiger partial charge in [0.1, 0.15) is 17.9 Å². The number of rotatable bonds is 9. The maximum atomic E-state index is 13.1. The first-order valence-electron chi connectivity index (χ1n) is 16.0. The minimum absolute atomic E-state index is 0.0888. The van der Waals surface area contributed by atoms with Gasteiger partial charge in [-0.2, -0.15) is 5.26 Å². The van der Waals surface area contributed by atoms with Crippen molar-refractivity contribution in [3.63, 3.8) is 0 Å². The number of hydrogen-bond donors (Lipinski definition) is 0. The summed E-state index contributed by atoms with van der Waals surface area (Å²) in [5.41, 5.74) is 9.32. The Hall–Kier alpha value is -3.68. The highest BCUT2D eigenvalue weighted by Crippen LogP contribution is 2.35. The minimum atomic E-state index is 0.0888. The summed E-state index contributed by atoms with van der Waals surface area (Å²) in [6.45, 7) is 10.1. The van der Waals surface area contributed by atoms with Gasteiger partial charge in [0.2, 0.25) is 0 Å². The fourth-order valence-electron chi connectivity index (χ4n) is 6.86. The maximum absolute atomic E-state index is 13.1. The lowest BCUT2D eigenvalue weighted by Gasteiger charge is -2.24. The lowest BCUT2D eigenvalue weighted by Crippen LogP contribution is -2.26. The molecule has 0 bridgehead atoms. The van der Waals surface area contributed by atoms with Gasteiger partial charge in [0, 0.05) is 24.8 Å². The van der Waals surface area contributed by atoms with Crippen molar-refractivity contribution < 1.29 is 14.3 Å². The molecular weight excluding hydrogens is 530 g/mol. The van der Waals surface area contributed by atoms with E-state index in [2.05, 4.69) is 82.3 Å². The van der Waals surface area contributed by atoms with Crippen LogP contribution in [0.2, 0.25) is 0 Å². The number of ether oxygens (including phenoxy) is 2. The molecule has 2 aromatic carbocycles. The van der Waals surface area contributed by atoms with Crippen LogP contribution in [0, 0.1) is 30.1 Å². The third-order valence-corrected chi connectivity index (χ3v) is 9.41. The van der Waals surface area contributed by atoms with Crippen molar-refractivity contribution in [2.24, 2.45) is 11.8 Å². The number of carbonyl (C=O) groups is 1. The summed E-state index contributed by atoms with van der Waals surface area (Å²) in [6.07, 6.45) is 16.7. The van der Waals surface area contributed by atoms with E-state index >= 15 is 0 Å². The van der Waals surface area contributed by atoms with Gasteiger partial charge >= 0.3 is 0 Å². The van der Waals surface area contributed by atoms with E-state index in [0.29, 0.717) is 36.9 Å². The van der Waals surface area contributed by atoms with Crippen LogP contribution in [0.4, 0.5) is 0 Å². The number of benzene rings is 2. The molecule has 2 atom stereocenters. The smallest absolute Gasteiger partial charge is 0.162 e. The first-order chi connectivity index (χ1) is 20.8. The van der Waals surface area contributed by atoms with Crippen LogP contribution in [0.25, 0.3) is 17.2 Å². The number of hydrogen-bond acceptors (Lipinski definition) is 4. The molecule has 43 heavy (non-hydrogen) atoms. The minimum Gasteiger partial charge on any atom is -0.489 e. The third-order valence-electron chi connectivity index (χ3n) is 9.41. The van der Waals surface area contributed by atoms with E-state index in [1.54, 1.807) is 0 Å². The predicted molar refractivity (Wildman–Crippen MR) is 175 cm³/mol. The first kappa shape index (κ1) is 30.8. The Bertz CT molecular complexity index is 1510. The zero-order chi connectivity index (χ0) is 30.3. The Morgan fingerprint density at radius 1 is 1.09 bits per heavy atom. The SMILES string of the molecule is CC1=CC(C(=O)CCC2CCC(C)C2)=CCC=C1/C(C)=C/c1cccc(-c2ccc(OC3CCOCC3)c(C#N)c2)c1C. The first-order valence-corrected chi connectivity index (χ1v) is 16.0.